The van der Waals surface area contributed by atoms with Crippen LogP contribution in [0.4, 0.5) is 5.69 Å². The van der Waals surface area contributed by atoms with E-state index in [1.54, 1.807) is 24.3 Å². The molecule has 150 valence electrons. The molecular formula is C19H21NO7S. The molecule has 0 atom stereocenters. The van der Waals surface area contributed by atoms with Gasteiger partial charge in [-0.15, -0.1) is 0 Å². The molecule has 9 heteroatoms. The third-order valence-corrected chi connectivity index (χ3v) is 5.10. The van der Waals surface area contributed by atoms with Crippen molar-refractivity contribution in [2.24, 2.45) is 0 Å². The molecule has 0 unspecified atom stereocenters. The highest BCUT2D eigenvalue weighted by molar-refractivity contribution is 7.92. The Morgan fingerprint density at radius 3 is 2.21 bits per heavy atom. The third kappa shape index (κ3) is 4.61. The molecule has 2 rings (SSSR count). The summed E-state index contributed by atoms with van der Waals surface area (Å²) in [7, 11) is 0.155. The number of methoxy groups -OCH3 is 3. The maximum Gasteiger partial charge on any atom is 0.340 e. The molecule has 0 radical (unpaired) electrons. The lowest BCUT2D eigenvalue weighted by Gasteiger charge is -2.24. The van der Waals surface area contributed by atoms with Crippen LogP contribution in [0.2, 0.25) is 0 Å². The van der Waals surface area contributed by atoms with Crippen LogP contribution in [0.15, 0.2) is 42.5 Å². The van der Waals surface area contributed by atoms with Gasteiger partial charge in [-0.05, 0) is 30.3 Å². The lowest BCUT2D eigenvalue weighted by atomic mass is 10.1. The molecule has 0 saturated carbocycles. The molecule has 0 aliphatic carbocycles. The van der Waals surface area contributed by atoms with Crippen molar-refractivity contribution in [2.75, 3.05) is 38.4 Å². The van der Waals surface area contributed by atoms with Crippen molar-refractivity contribution in [3.63, 3.8) is 0 Å². The second-order valence-corrected chi connectivity index (χ2v) is 7.67. The standard InChI is InChI=1S/C19H21NO7S/c1-25-13-9-10-18(26-2)15(11-13)17(21)12-20(28(4,23)24)16-8-6-5-7-14(16)19(22)27-3/h5-11H,12H2,1-4H3. The minimum absolute atomic E-state index is 0.0285. The number of hydrogen-bond acceptors (Lipinski definition) is 7. The number of esters is 1. The summed E-state index contributed by atoms with van der Waals surface area (Å²) < 4.78 is 40.7. The molecule has 0 saturated heterocycles. The van der Waals surface area contributed by atoms with Crippen LogP contribution >= 0.6 is 0 Å². The summed E-state index contributed by atoms with van der Waals surface area (Å²) in [6.07, 6.45) is 0.956. The first-order chi connectivity index (χ1) is 13.2. The van der Waals surface area contributed by atoms with Crippen LogP contribution in [-0.4, -0.2) is 54.3 Å². The predicted octanol–water partition coefficient (Wildman–Crippen LogP) is 2.14. The van der Waals surface area contributed by atoms with Gasteiger partial charge in [0, 0.05) is 0 Å². The normalized spacial score (nSPS) is 10.9. The van der Waals surface area contributed by atoms with Crippen LogP contribution in [0.1, 0.15) is 20.7 Å². The van der Waals surface area contributed by atoms with Gasteiger partial charge in [0.2, 0.25) is 10.0 Å². The monoisotopic (exact) mass is 407 g/mol. The highest BCUT2D eigenvalue weighted by Gasteiger charge is 2.27. The van der Waals surface area contributed by atoms with Gasteiger partial charge in [0.15, 0.2) is 5.78 Å². The van der Waals surface area contributed by atoms with Gasteiger partial charge in [0.25, 0.3) is 0 Å². The second kappa shape index (κ2) is 8.75. The van der Waals surface area contributed by atoms with Crippen LogP contribution in [-0.2, 0) is 14.8 Å². The SMILES string of the molecule is COC(=O)c1ccccc1N(CC(=O)c1cc(OC)ccc1OC)S(C)(=O)=O. The van der Waals surface area contributed by atoms with E-state index in [9.17, 15) is 18.0 Å². The molecule has 0 bridgehead atoms. The molecule has 0 fully saturated rings. The van der Waals surface area contributed by atoms with Crippen molar-refractivity contribution in [3.05, 3.63) is 53.6 Å². The molecule has 2 aromatic rings. The fourth-order valence-corrected chi connectivity index (χ4v) is 3.47. The van der Waals surface area contributed by atoms with Crippen molar-refractivity contribution in [3.8, 4) is 11.5 Å². The number of Topliss-reactive ketones (excluding diaryl/α,β-unsaturated/α-hetero) is 1. The number of nitrogens with zero attached hydrogens (tertiary/aromatic N) is 1. The van der Waals surface area contributed by atoms with Gasteiger partial charge in [-0.1, -0.05) is 12.1 Å². The predicted molar refractivity (Wildman–Crippen MR) is 104 cm³/mol. The van der Waals surface area contributed by atoms with Crippen LogP contribution in [0.25, 0.3) is 0 Å². The molecule has 0 aliphatic rings. The smallest absolute Gasteiger partial charge is 0.340 e. The van der Waals surface area contributed by atoms with E-state index in [-0.39, 0.29) is 22.6 Å². The summed E-state index contributed by atoms with van der Waals surface area (Å²) in [5.41, 5.74) is 0.235. The number of anilines is 1. The fraction of sp³-hybridized carbons (Fsp3) is 0.263. The van der Waals surface area contributed by atoms with Crippen molar-refractivity contribution in [1.82, 2.24) is 0 Å². The van der Waals surface area contributed by atoms with E-state index in [4.69, 9.17) is 14.2 Å². The number of carbonyl (C=O) groups excluding carboxylic acids is 2. The minimum Gasteiger partial charge on any atom is -0.497 e. The maximum atomic E-state index is 12.9. The zero-order valence-corrected chi connectivity index (χ0v) is 16.8. The van der Waals surface area contributed by atoms with Crippen LogP contribution < -0.4 is 13.8 Å². The van der Waals surface area contributed by atoms with Crippen LogP contribution in [0.5, 0.6) is 11.5 Å². The molecule has 0 amide bonds. The average Bonchev–Trinajstić information content (AvgIpc) is 2.69. The van der Waals surface area contributed by atoms with E-state index in [0.29, 0.717) is 5.75 Å². The van der Waals surface area contributed by atoms with Crippen LogP contribution in [0.3, 0.4) is 0 Å². The quantitative estimate of drug-likeness (QED) is 0.488. The molecule has 0 aliphatic heterocycles. The van der Waals surface area contributed by atoms with E-state index < -0.39 is 28.3 Å². The summed E-state index contributed by atoms with van der Waals surface area (Å²) in [6, 6.07) is 10.6. The van der Waals surface area contributed by atoms with E-state index in [0.717, 1.165) is 10.6 Å². The van der Waals surface area contributed by atoms with Crippen molar-refractivity contribution in [1.29, 1.82) is 0 Å². The molecule has 2 aromatic carbocycles. The number of para-hydroxylation sites is 1. The van der Waals surface area contributed by atoms with Gasteiger partial charge in [0.1, 0.15) is 11.5 Å². The molecule has 8 nitrogen and oxygen atoms in total. The largest absolute Gasteiger partial charge is 0.497 e. The lowest BCUT2D eigenvalue weighted by Crippen LogP contribution is -2.36. The number of hydrogen-bond donors (Lipinski definition) is 0. The Kier molecular flexibility index (Phi) is 6.63. The first-order valence-corrected chi connectivity index (χ1v) is 9.98. The zero-order chi connectivity index (χ0) is 20.9. The Morgan fingerprint density at radius 1 is 0.964 bits per heavy atom. The highest BCUT2D eigenvalue weighted by atomic mass is 32.2. The molecule has 0 N–H and O–H groups in total. The number of carbonyl (C=O) groups is 2. The van der Waals surface area contributed by atoms with Crippen LogP contribution in [0, 0.1) is 0 Å². The van der Waals surface area contributed by atoms with E-state index in [1.165, 1.54) is 39.5 Å². The topological polar surface area (TPSA) is 99.2 Å². The summed E-state index contributed by atoms with van der Waals surface area (Å²) in [5.74, 6) is -0.540. The summed E-state index contributed by atoms with van der Waals surface area (Å²) in [4.78, 5) is 25.0. The Morgan fingerprint density at radius 2 is 1.64 bits per heavy atom. The Labute approximate surface area is 163 Å². The van der Waals surface area contributed by atoms with E-state index in [1.807, 2.05) is 0 Å². The maximum absolute atomic E-state index is 12.9. The molecular weight excluding hydrogens is 386 g/mol. The Bertz CT molecular complexity index is 986. The Balaban J connectivity index is 2.51. The highest BCUT2D eigenvalue weighted by Crippen LogP contribution is 2.28. The number of sulfonamides is 1. The number of rotatable bonds is 8. The zero-order valence-electron chi connectivity index (χ0n) is 16.0. The summed E-state index contributed by atoms with van der Waals surface area (Å²) >= 11 is 0. The lowest BCUT2D eigenvalue weighted by molar-refractivity contribution is 0.0601. The molecule has 0 heterocycles. The molecule has 28 heavy (non-hydrogen) atoms. The van der Waals surface area contributed by atoms with Gasteiger partial charge in [-0.3, -0.25) is 9.10 Å². The third-order valence-electron chi connectivity index (χ3n) is 3.97. The van der Waals surface area contributed by atoms with Gasteiger partial charge in [-0.25, -0.2) is 13.2 Å². The average molecular weight is 407 g/mol. The first-order valence-electron chi connectivity index (χ1n) is 8.13. The van der Waals surface area contributed by atoms with Gasteiger partial charge >= 0.3 is 5.97 Å². The number of ether oxygens (including phenoxy) is 3. The van der Waals surface area contributed by atoms with Crippen molar-refractivity contribution in [2.45, 2.75) is 0 Å². The number of benzene rings is 2. The van der Waals surface area contributed by atoms with Crippen molar-refractivity contribution >= 4 is 27.5 Å². The van der Waals surface area contributed by atoms with Crippen molar-refractivity contribution < 1.29 is 32.2 Å². The minimum atomic E-state index is -3.89. The summed E-state index contributed by atoms with van der Waals surface area (Å²) in [6.45, 7) is -0.531. The van der Waals surface area contributed by atoms with E-state index >= 15 is 0 Å². The molecule has 0 aromatic heterocycles. The van der Waals surface area contributed by atoms with Gasteiger partial charge < -0.3 is 14.2 Å². The van der Waals surface area contributed by atoms with Gasteiger partial charge in [0.05, 0.1) is 50.9 Å². The second-order valence-electron chi connectivity index (χ2n) is 5.77. The Hall–Kier alpha value is -3.07. The summed E-state index contributed by atoms with van der Waals surface area (Å²) in [5, 5.41) is 0. The molecule has 0 spiro atoms. The van der Waals surface area contributed by atoms with E-state index in [2.05, 4.69) is 0 Å². The number of ketones is 1. The first kappa shape index (κ1) is 21.2. The fourth-order valence-electron chi connectivity index (χ4n) is 2.60. The van der Waals surface area contributed by atoms with Gasteiger partial charge in [-0.2, -0.15) is 0 Å².